The average molecular weight is 297 g/mol. The molecule has 6 heteroatoms. The number of hydrogen-bond acceptors (Lipinski definition) is 4. The molecular formula is C15H27N3O3. The van der Waals surface area contributed by atoms with E-state index in [1.165, 1.54) is 0 Å². The standard InChI is InChI=1S/C15H27N3O3/c1-4-17-10-12(9-13(17)19)14(20)18-7-5-16(6-8-18)11-15(2,3)21/h12,21H,4-11H2,1-3H3. The summed E-state index contributed by atoms with van der Waals surface area (Å²) in [5.74, 6) is 0.0389. The topological polar surface area (TPSA) is 64.1 Å². The predicted molar refractivity (Wildman–Crippen MR) is 79.7 cm³/mol. The molecule has 2 aliphatic heterocycles. The Balaban J connectivity index is 1.82. The molecule has 0 bridgehead atoms. The number of β-amino-alcohol motifs (C(OH)–C–C–N with tert-alkyl or cyclic N) is 1. The summed E-state index contributed by atoms with van der Waals surface area (Å²) in [6.45, 7) is 10.4. The second kappa shape index (κ2) is 6.32. The maximum absolute atomic E-state index is 12.5. The van der Waals surface area contributed by atoms with Crippen LogP contribution in [0.15, 0.2) is 0 Å². The number of piperazine rings is 1. The first-order chi connectivity index (χ1) is 9.80. The second-order valence-electron chi connectivity index (χ2n) is 6.75. The van der Waals surface area contributed by atoms with Crippen molar-refractivity contribution < 1.29 is 14.7 Å². The van der Waals surface area contributed by atoms with Crippen LogP contribution < -0.4 is 0 Å². The molecule has 1 unspecified atom stereocenters. The van der Waals surface area contributed by atoms with Crippen molar-refractivity contribution in [2.24, 2.45) is 5.92 Å². The van der Waals surface area contributed by atoms with Crippen LogP contribution in [0.3, 0.4) is 0 Å². The first kappa shape index (κ1) is 16.2. The molecule has 120 valence electrons. The third kappa shape index (κ3) is 4.17. The van der Waals surface area contributed by atoms with E-state index in [0.29, 0.717) is 39.1 Å². The molecule has 0 radical (unpaired) electrons. The van der Waals surface area contributed by atoms with E-state index in [4.69, 9.17) is 0 Å². The van der Waals surface area contributed by atoms with Crippen molar-refractivity contribution in [2.75, 3.05) is 45.8 Å². The number of amides is 2. The Bertz CT molecular complexity index is 397. The van der Waals surface area contributed by atoms with Crippen molar-refractivity contribution in [3.8, 4) is 0 Å². The molecule has 1 N–H and O–H groups in total. The van der Waals surface area contributed by atoms with Gasteiger partial charge >= 0.3 is 0 Å². The van der Waals surface area contributed by atoms with E-state index in [-0.39, 0.29) is 17.7 Å². The summed E-state index contributed by atoms with van der Waals surface area (Å²) in [5, 5.41) is 9.84. The molecule has 0 saturated carbocycles. The minimum Gasteiger partial charge on any atom is -0.389 e. The Morgan fingerprint density at radius 3 is 2.38 bits per heavy atom. The lowest BCUT2D eigenvalue weighted by molar-refractivity contribution is -0.137. The predicted octanol–water partition coefficient (Wildman–Crippen LogP) is -0.230. The van der Waals surface area contributed by atoms with E-state index >= 15 is 0 Å². The van der Waals surface area contributed by atoms with Crippen molar-refractivity contribution >= 4 is 11.8 Å². The second-order valence-corrected chi connectivity index (χ2v) is 6.75. The number of rotatable bonds is 4. The van der Waals surface area contributed by atoms with Gasteiger partial charge in [0, 0.05) is 52.2 Å². The summed E-state index contributed by atoms with van der Waals surface area (Å²) < 4.78 is 0. The van der Waals surface area contributed by atoms with Crippen molar-refractivity contribution in [1.82, 2.24) is 14.7 Å². The molecule has 0 aromatic rings. The maximum atomic E-state index is 12.5. The Morgan fingerprint density at radius 2 is 1.90 bits per heavy atom. The molecule has 2 aliphatic rings. The Hall–Kier alpha value is -1.14. The molecular weight excluding hydrogens is 270 g/mol. The van der Waals surface area contributed by atoms with Gasteiger partial charge in [0.2, 0.25) is 11.8 Å². The fraction of sp³-hybridized carbons (Fsp3) is 0.867. The van der Waals surface area contributed by atoms with E-state index in [1.54, 1.807) is 18.7 Å². The number of carbonyl (C=O) groups excluding carboxylic acids is 2. The molecule has 2 rings (SSSR count). The molecule has 2 saturated heterocycles. The summed E-state index contributed by atoms with van der Waals surface area (Å²) in [6, 6.07) is 0. The summed E-state index contributed by atoms with van der Waals surface area (Å²) in [6.07, 6.45) is 0.358. The van der Waals surface area contributed by atoms with E-state index < -0.39 is 5.60 Å². The van der Waals surface area contributed by atoms with Crippen LogP contribution in [0, 0.1) is 5.92 Å². The first-order valence-electron chi connectivity index (χ1n) is 7.81. The molecule has 21 heavy (non-hydrogen) atoms. The molecule has 2 fully saturated rings. The zero-order valence-corrected chi connectivity index (χ0v) is 13.3. The van der Waals surface area contributed by atoms with Gasteiger partial charge in [0.15, 0.2) is 0 Å². The van der Waals surface area contributed by atoms with Crippen molar-refractivity contribution in [1.29, 1.82) is 0 Å². The highest BCUT2D eigenvalue weighted by atomic mass is 16.3. The molecule has 6 nitrogen and oxygen atoms in total. The third-order valence-corrected chi connectivity index (χ3v) is 4.24. The van der Waals surface area contributed by atoms with Crippen LogP contribution in [0.5, 0.6) is 0 Å². The zero-order chi connectivity index (χ0) is 15.6. The van der Waals surface area contributed by atoms with Gasteiger partial charge in [-0.25, -0.2) is 0 Å². The van der Waals surface area contributed by atoms with Crippen LogP contribution in [0.2, 0.25) is 0 Å². The Morgan fingerprint density at radius 1 is 1.29 bits per heavy atom. The van der Waals surface area contributed by atoms with Gasteiger partial charge in [0.25, 0.3) is 0 Å². The van der Waals surface area contributed by atoms with Crippen molar-refractivity contribution in [3.05, 3.63) is 0 Å². The monoisotopic (exact) mass is 297 g/mol. The van der Waals surface area contributed by atoms with Gasteiger partial charge in [0.1, 0.15) is 0 Å². The van der Waals surface area contributed by atoms with Crippen molar-refractivity contribution in [2.45, 2.75) is 32.8 Å². The maximum Gasteiger partial charge on any atom is 0.228 e. The summed E-state index contributed by atoms with van der Waals surface area (Å²) in [7, 11) is 0. The van der Waals surface area contributed by atoms with Gasteiger partial charge in [-0.15, -0.1) is 0 Å². The van der Waals surface area contributed by atoms with Crippen LogP contribution in [-0.2, 0) is 9.59 Å². The number of likely N-dealkylation sites (tertiary alicyclic amines) is 1. The number of aliphatic hydroxyl groups is 1. The lowest BCUT2D eigenvalue weighted by Gasteiger charge is -2.38. The van der Waals surface area contributed by atoms with E-state index in [9.17, 15) is 14.7 Å². The zero-order valence-electron chi connectivity index (χ0n) is 13.3. The molecule has 0 aromatic carbocycles. The van der Waals surface area contributed by atoms with E-state index in [2.05, 4.69) is 4.90 Å². The van der Waals surface area contributed by atoms with Gasteiger partial charge in [-0.05, 0) is 20.8 Å². The highest BCUT2D eigenvalue weighted by Crippen LogP contribution is 2.20. The summed E-state index contributed by atoms with van der Waals surface area (Å²) in [5.41, 5.74) is -0.703. The van der Waals surface area contributed by atoms with Crippen LogP contribution in [0.4, 0.5) is 0 Å². The minimum atomic E-state index is -0.703. The fourth-order valence-electron chi connectivity index (χ4n) is 3.17. The lowest BCUT2D eigenvalue weighted by atomic mass is 10.1. The quantitative estimate of drug-likeness (QED) is 0.778. The van der Waals surface area contributed by atoms with Gasteiger partial charge in [0.05, 0.1) is 11.5 Å². The Kier molecular flexibility index (Phi) is 4.88. The van der Waals surface area contributed by atoms with Gasteiger partial charge in [-0.1, -0.05) is 0 Å². The smallest absolute Gasteiger partial charge is 0.228 e. The third-order valence-electron chi connectivity index (χ3n) is 4.24. The highest BCUT2D eigenvalue weighted by Gasteiger charge is 2.36. The SMILES string of the molecule is CCN1CC(C(=O)N2CCN(CC(C)(C)O)CC2)CC1=O. The van der Waals surface area contributed by atoms with E-state index in [0.717, 1.165) is 13.1 Å². The fourth-order valence-corrected chi connectivity index (χ4v) is 3.17. The molecule has 1 atom stereocenters. The average Bonchev–Trinajstić information content (AvgIpc) is 2.78. The van der Waals surface area contributed by atoms with Crippen molar-refractivity contribution in [3.63, 3.8) is 0 Å². The van der Waals surface area contributed by atoms with Crippen LogP contribution >= 0.6 is 0 Å². The van der Waals surface area contributed by atoms with Gasteiger partial charge < -0.3 is 14.9 Å². The lowest BCUT2D eigenvalue weighted by Crippen LogP contribution is -2.53. The first-order valence-corrected chi connectivity index (χ1v) is 7.81. The summed E-state index contributed by atoms with van der Waals surface area (Å²) >= 11 is 0. The molecule has 0 aliphatic carbocycles. The molecule has 0 spiro atoms. The summed E-state index contributed by atoms with van der Waals surface area (Å²) in [4.78, 5) is 30.0. The number of hydrogen-bond donors (Lipinski definition) is 1. The largest absolute Gasteiger partial charge is 0.389 e. The normalized spacial score (nSPS) is 24.8. The molecule has 2 heterocycles. The van der Waals surface area contributed by atoms with E-state index in [1.807, 2.05) is 11.8 Å². The van der Waals surface area contributed by atoms with Crippen LogP contribution in [0.25, 0.3) is 0 Å². The van der Waals surface area contributed by atoms with Crippen LogP contribution in [-0.4, -0.2) is 83.0 Å². The Labute approximate surface area is 126 Å². The van der Waals surface area contributed by atoms with Gasteiger partial charge in [-0.3, -0.25) is 14.5 Å². The molecule has 0 aromatic heterocycles. The highest BCUT2D eigenvalue weighted by molar-refractivity contribution is 5.89. The van der Waals surface area contributed by atoms with Crippen LogP contribution in [0.1, 0.15) is 27.2 Å². The van der Waals surface area contributed by atoms with Gasteiger partial charge in [-0.2, -0.15) is 0 Å². The minimum absolute atomic E-state index is 0.0940. The number of nitrogens with zero attached hydrogens (tertiary/aromatic N) is 3. The number of carbonyl (C=O) groups is 2. The molecule has 2 amide bonds.